The second kappa shape index (κ2) is 5.16. The molecule has 108 valence electrons. The smallest absolute Gasteiger partial charge is 0.0358 e. The second-order valence-corrected chi connectivity index (χ2v) is 7.06. The van der Waals surface area contributed by atoms with Gasteiger partial charge in [0.1, 0.15) is 0 Å². The number of benzene rings is 1. The van der Waals surface area contributed by atoms with Crippen LogP contribution in [0.3, 0.4) is 0 Å². The lowest BCUT2D eigenvalue weighted by Gasteiger charge is -2.32. The summed E-state index contributed by atoms with van der Waals surface area (Å²) in [5.41, 5.74) is 9.06. The molecule has 2 nitrogen and oxygen atoms in total. The number of hydrogen-bond donors (Lipinski definition) is 1. The highest BCUT2D eigenvalue weighted by Crippen LogP contribution is 2.53. The molecule has 1 aliphatic carbocycles. The van der Waals surface area contributed by atoms with E-state index in [1.54, 1.807) is 11.1 Å². The van der Waals surface area contributed by atoms with Crippen molar-refractivity contribution < 1.29 is 0 Å². The molecule has 1 saturated heterocycles. The fourth-order valence-corrected chi connectivity index (χ4v) is 4.85. The fourth-order valence-electron chi connectivity index (χ4n) is 4.85. The molecule has 0 amide bonds. The van der Waals surface area contributed by atoms with E-state index in [1.165, 1.54) is 45.1 Å². The molecule has 0 aromatic heterocycles. The summed E-state index contributed by atoms with van der Waals surface area (Å²) in [7, 11) is 0. The molecule has 2 bridgehead atoms. The third-order valence-corrected chi connectivity index (χ3v) is 6.00. The zero-order valence-corrected chi connectivity index (χ0v) is 12.3. The maximum Gasteiger partial charge on any atom is 0.0358 e. The van der Waals surface area contributed by atoms with E-state index >= 15 is 0 Å². The van der Waals surface area contributed by atoms with Gasteiger partial charge in [-0.05, 0) is 68.0 Å². The zero-order valence-electron chi connectivity index (χ0n) is 12.3. The first kappa shape index (κ1) is 12.8. The lowest BCUT2D eigenvalue weighted by molar-refractivity contribution is 0.151. The van der Waals surface area contributed by atoms with Gasteiger partial charge in [-0.25, -0.2) is 0 Å². The van der Waals surface area contributed by atoms with Crippen molar-refractivity contribution in [1.29, 1.82) is 0 Å². The maximum absolute atomic E-state index is 5.81. The van der Waals surface area contributed by atoms with Crippen molar-refractivity contribution >= 4 is 0 Å². The molecule has 2 N–H and O–H groups in total. The Bertz CT molecular complexity index is 445. The van der Waals surface area contributed by atoms with Crippen LogP contribution in [0.5, 0.6) is 0 Å². The minimum Gasteiger partial charge on any atom is -0.330 e. The molecule has 2 heterocycles. The number of hydrogen-bond acceptors (Lipinski definition) is 2. The van der Waals surface area contributed by atoms with Crippen molar-refractivity contribution in [3.8, 4) is 0 Å². The highest BCUT2D eigenvalue weighted by molar-refractivity contribution is 5.39. The van der Waals surface area contributed by atoms with Gasteiger partial charge in [0, 0.05) is 18.6 Å². The Morgan fingerprint density at radius 1 is 0.850 bits per heavy atom. The van der Waals surface area contributed by atoms with E-state index < -0.39 is 0 Å². The molecule has 1 aromatic carbocycles. The van der Waals surface area contributed by atoms with Crippen LogP contribution in [0, 0.1) is 11.8 Å². The highest BCUT2D eigenvalue weighted by atomic mass is 15.2. The van der Waals surface area contributed by atoms with Crippen LogP contribution in [0.25, 0.3) is 0 Å². The van der Waals surface area contributed by atoms with Crippen LogP contribution < -0.4 is 5.73 Å². The van der Waals surface area contributed by atoms with Crippen molar-refractivity contribution in [3.05, 3.63) is 35.4 Å². The predicted octanol–water partition coefficient (Wildman–Crippen LogP) is 3.64. The van der Waals surface area contributed by atoms with E-state index in [9.17, 15) is 0 Å². The molecule has 0 radical (unpaired) electrons. The van der Waals surface area contributed by atoms with E-state index in [2.05, 4.69) is 29.2 Å². The quantitative estimate of drug-likeness (QED) is 0.908. The van der Waals surface area contributed by atoms with Crippen LogP contribution in [0.1, 0.15) is 61.7 Å². The number of rotatable bonds is 3. The minimum atomic E-state index is 0.725. The van der Waals surface area contributed by atoms with E-state index in [0.717, 1.165) is 30.5 Å². The van der Waals surface area contributed by atoms with Crippen LogP contribution in [0.2, 0.25) is 0 Å². The van der Waals surface area contributed by atoms with Gasteiger partial charge >= 0.3 is 0 Å². The molecule has 3 aliphatic rings. The van der Waals surface area contributed by atoms with Gasteiger partial charge in [0.15, 0.2) is 0 Å². The zero-order chi connectivity index (χ0) is 13.5. The average Bonchev–Trinajstić information content (AvgIpc) is 3.04. The molecule has 2 unspecified atom stereocenters. The van der Waals surface area contributed by atoms with Gasteiger partial charge in [-0.15, -0.1) is 0 Å². The van der Waals surface area contributed by atoms with Crippen LogP contribution >= 0.6 is 0 Å². The topological polar surface area (TPSA) is 29.3 Å². The monoisotopic (exact) mass is 270 g/mol. The molecule has 1 aromatic rings. The van der Waals surface area contributed by atoms with Crippen LogP contribution in [-0.2, 0) is 0 Å². The van der Waals surface area contributed by atoms with Gasteiger partial charge in [-0.1, -0.05) is 24.3 Å². The molecule has 2 atom stereocenters. The van der Waals surface area contributed by atoms with Gasteiger partial charge in [-0.3, -0.25) is 4.90 Å². The van der Waals surface area contributed by atoms with Crippen LogP contribution in [-0.4, -0.2) is 18.0 Å². The minimum absolute atomic E-state index is 0.725. The largest absolute Gasteiger partial charge is 0.330 e. The summed E-state index contributed by atoms with van der Waals surface area (Å²) < 4.78 is 0. The summed E-state index contributed by atoms with van der Waals surface area (Å²) in [4.78, 5) is 2.82. The molecule has 1 saturated carbocycles. The third-order valence-electron chi connectivity index (χ3n) is 6.00. The van der Waals surface area contributed by atoms with Gasteiger partial charge < -0.3 is 5.73 Å². The average molecular weight is 270 g/mol. The first-order chi connectivity index (χ1) is 9.86. The molecule has 20 heavy (non-hydrogen) atoms. The Kier molecular flexibility index (Phi) is 3.31. The lowest BCUT2D eigenvalue weighted by Crippen LogP contribution is -2.30. The van der Waals surface area contributed by atoms with Gasteiger partial charge in [0.25, 0.3) is 0 Å². The number of nitrogens with two attached hydrogens (primary N) is 1. The lowest BCUT2D eigenvalue weighted by atomic mass is 9.82. The van der Waals surface area contributed by atoms with E-state index in [0.29, 0.717) is 0 Å². The fraction of sp³-hybridized carbons (Fsp3) is 0.667. The van der Waals surface area contributed by atoms with Crippen LogP contribution in [0.15, 0.2) is 24.3 Å². The molecule has 2 heteroatoms. The molecule has 0 spiro atoms. The summed E-state index contributed by atoms with van der Waals surface area (Å²) in [5, 5.41) is 0. The van der Waals surface area contributed by atoms with Gasteiger partial charge in [-0.2, -0.15) is 0 Å². The van der Waals surface area contributed by atoms with Crippen LogP contribution in [0.4, 0.5) is 0 Å². The van der Waals surface area contributed by atoms with Crippen molar-refractivity contribution in [2.45, 2.75) is 50.6 Å². The summed E-state index contributed by atoms with van der Waals surface area (Å²) in [6.45, 7) is 2.22. The summed E-state index contributed by atoms with van der Waals surface area (Å²) in [6.07, 6.45) is 8.26. The highest BCUT2D eigenvalue weighted by Gasteiger charge is 2.44. The summed E-state index contributed by atoms with van der Waals surface area (Å²) in [6, 6.07) is 10.6. The van der Waals surface area contributed by atoms with Crippen molar-refractivity contribution in [2.24, 2.45) is 17.6 Å². The second-order valence-electron chi connectivity index (χ2n) is 7.06. The van der Waals surface area contributed by atoms with E-state index in [1.807, 2.05) is 0 Å². The van der Waals surface area contributed by atoms with E-state index in [4.69, 9.17) is 5.73 Å². The normalized spacial score (nSPS) is 36.2. The Morgan fingerprint density at radius 3 is 1.95 bits per heavy atom. The van der Waals surface area contributed by atoms with Gasteiger partial charge in [0.2, 0.25) is 0 Å². The Hall–Kier alpha value is -0.860. The number of fused-ring (bicyclic) bond motifs is 5. The summed E-state index contributed by atoms with van der Waals surface area (Å²) >= 11 is 0. The number of nitrogens with zero attached hydrogens (tertiary/aromatic N) is 1. The Morgan fingerprint density at radius 2 is 1.40 bits per heavy atom. The summed E-state index contributed by atoms with van der Waals surface area (Å²) in [5.74, 6) is 1.72. The SMILES string of the molecule is NCC1CCC(CN2C3CCC2c2ccccc23)CC1. The predicted molar refractivity (Wildman–Crippen MR) is 82.4 cm³/mol. The van der Waals surface area contributed by atoms with E-state index in [-0.39, 0.29) is 0 Å². The standard InChI is InChI=1S/C18H26N2/c19-11-13-5-7-14(8-6-13)12-20-17-9-10-18(20)16-4-2-1-3-15(16)17/h1-4,13-14,17-18H,5-12,19H2. The molecular weight excluding hydrogens is 244 g/mol. The van der Waals surface area contributed by atoms with Gasteiger partial charge in [0.05, 0.1) is 0 Å². The first-order valence-corrected chi connectivity index (χ1v) is 8.41. The Labute approximate surface area is 122 Å². The molecule has 2 aliphatic heterocycles. The molecule has 2 fully saturated rings. The molecular formula is C18H26N2. The van der Waals surface area contributed by atoms with Crippen molar-refractivity contribution in [3.63, 3.8) is 0 Å². The third kappa shape index (κ3) is 2.01. The molecule has 4 rings (SSSR count). The van der Waals surface area contributed by atoms with Crippen molar-refractivity contribution in [1.82, 2.24) is 4.90 Å². The van der Waals surface area contributed by atoms with Crippen molar-refractivity contribution in [2.75, 3.05) is 13.1 Å². The first-order valence-electron chi connectivity index (χ1n) is 8.41. The Balaban J connectivity index is 1.45. The maximum atomic E-state index is 5.81.